The van der Waals surface area contributed by atoms with Crippen LogP contribution < -0.4 is 16.4 Å². The van der Waals surface area contributed by atoms with Crippen LogP contribution in [-0.2, 0) is 0 Å². The van der Waals surface area contributed by atoms with Gasteiger partial charge in [0.1, 0.15) is 11.4 Å². The smallest absolute Gasteiger partial charge is 0.254 e. The lowest BCUT2D eigenvalue weighted by molar-refractivity contribution is 0.0961. The second-order valence-electron chi connectivity index (χ2n) is 4.78. The number of nitrogens with one attached hydrogen (secondary N) is 2. The van der Waals surface area contributed by atoms with Crippen LogP contribution in [0.1, 0.15) is 26.4 Å². The van der Waals surface area contributed by atoms with E-state index < -0.39 is 5.91 Å². The first-order chi connectivity index (χ1) is 11.4. The van der Waals surface area contributed by atoms with E-state index in [-0.39, 0.29) is 16.5 Å². The molecule has 2 rings (SSSR count). The Labute approximate surface area is 148 Å². The van der Waals surface area contributed by atoms with Crippen LogP contribution in [0.15, 0.2) is 23.4 Å². The highest BCUT2D eigenvalue weighted by Crippen LogP contribution is 2.26. The lowest BCUT2D eigenvalue weighted by Crippen LogP contribution is -2.18. The number of thioether (sulfide) groups is 1. The van der Waals surface area contributed by atoms with Crippen molar-refractivity contribution in [2.45, 2.75) is 12.1 Å². The van der Waals surface area contributed by atoms with Gasteiger partial charge < -0.3 is 16.4 Å². The quantitative estimate of drug-likeness (QED) is 0.554. The van der Waals surface area contributed by atoms with E-state index in [0.717, 1.165) is 0 Å². The predicted molar refractivity (Wildman–Crippen MR) is 95.2 cm³/mol. The average molecular weight is 366 g/mol. The molecule has 0 atom stereocenters. The molecule has 0 aliphatic carbocycles. The van der Waals surface area contributed by atoms with Crippen molar-refractivity contribution in [1.29, 1.82) is 0 Å². The van der Waals surface area contributed by atoms with Gasteiger partial charge in [0.15, 0.2) is 5.16 Å². The van der Waals surface area contributed by atoms with Gasteiger partial charge in [-0.3, -0.25) is 9.59 Å². The Balaban J connectivity index is 2.44. The zero-order valence-electron chi connectivity index (χ0n) is 13.3. The van der Waals surface area contributed by atoms with E-state index in [1.54, 1.807) is 25.1 Å². The molecule has 0 fully saturated rings. The number of carbonyl (C=O) groups excluding carboxylic acids is 2. The first kappa shape index (κ1) is 18.0. The van der Waals surface area contributed by atoms with E-state index in [9.17, 15) is 9.59 Å². The van der Waals surface area contributed by atoms with Gasteiger partial charge in [-0.25, -0.2) is 9.97 Å². The molecule has 7 nitrogen and oxygen atoms in total. The fraction of sp³-hybridized carbons (Fsp3) is 0.200. The van der Waals surface area contributed by atoms with Crippen molar-refractivity contribution < 1.29 is 9.59 Å². The molecule has 0 bridgehead atoms. The predicted octanol–water partition coefficient (Wildman–Crippen LogP) is 2.36. The van der Waals surface area contributed by atoms with Gasteiger partial charge in [0.2, 0.25) is 0 Å². The van der Waals surface area contributed by atoms with Crippen LogP contribution >= 0.6 is 23.4 Å². The third-order valence-corrected chi connectivity index (χ3v) is 4.06. The average Bonchev–Trinajstić information content (AvgIpc) is 2.53. The summed E-state index contributed by atoms with van der Waals surface area (Å²) in [6.45, 7) is 1.69. The van der Waals surface area contributed by atoms with Crippen LogP contribution in [0, 0.1) is 6.92 Å². The number of carbonyl (C=O) groups is 2. The Bertz CT molecular complexity index is 813. The molecule has 0 saturated heterocycles. The molecular weight excluding hydrogens is 350 g/mol. The first-order valence-corrected chi connectivity index (χ1v) is 8.48. The number of benzene rings is 1. The molecule has 4 N–H and O–H groups in total. The van der Waals surface area contributed by atoms with Gasteiger partial charge in [-0.2, -0.15) is 0 Å². The highest BCUT2D eigenvalue weighted by Gasteiger charge is 2.17. The first-order valence-electron chi connectivity index (χ1n) is 6.88. The number of primary amides is 1. The molecule has 0 aliphatic rings. The van der Waals surface area contributed by atoms with Crippen molar-refractivity contribution in [2.75, 3.05) is 18.6 Å². The molecule has 0 saturated carbocycles. The summed E-state index contributed by atoms with van der Waals surface area (Å²) in [7, 11) is 1.53. The Morgan fingerprint density at radius 3 is 2.54 bits per heavy atom. The molecule has 1 heterocycles. The van der Waals surface area contributed by atoms with Crippen LogP contribution in [0.2, 0.25) is 5.02 Å². The van der Waals surface area contributed by atoms with Gasteiger partial charge in [-0.05, 0) is 31.4 Å². The Morgan fingerprint density at radius 2 is 2.00 bits per heavy atom. The van der Waals surface area contributed by atoms with E-state index in [2.05, 4.69) is 20.6 Å². The molecule has 0 unspecified atom stereocenters. The van der Waals surface area contributed by atoms with Crippen molar-refractivity contribution in [3.8, 4) is 0 Å². The SMILES string of the molecule is CNC(=O)c1ccc(Nc2nc(SC)nc(C)c2C(N)=O)cc1Cl. The van der Waals surface area contributed by atoms with E-state index in [4.69, 9.17) is 17.3 Å². The van der Waals surface area contributed by atoms with Gasteiger partial charge in [0.05, 0.1) is 16.3 Å². The number of rotatable bonds is 5. The van der Waals surface area contributed by atoms with Crippen LogP contribution in [-0.4, -0.2) is 35.1 Å². The van der Waals surface area contributed by atoms with E-state index in [0.29, 0.717) is 27.9 Å². The van der Waals surface area contributed by atoms with Crippen molar-refractivity contribution in [3.63, 3.8) is 0 Å². The van der Waals surface area contributed by atoms with Gasteiger partial charge in [0, 0.05) is 12.7 Å². The molecule has 24 heavy (non-hydrogen) atoms. The lowest BCUT2D eigenvalue weighted by atomic mass is 10.1. The zero-order chi connectivity index (χ0) is 17.9. The van der Waals surface area contributed by atoms with Crippen molar-refractivity contribution in [1.82, 2.24) is 15.3 Å². The Morgan fingerprint density at radius 1 is 1.29 bits per heavy atom. The minimum absolute atomic E-state index is 0.208. The van der Waals surface area contributed by atoms with Gasteiger partial charge in [0.25, 0.3) is 11.8 Å². The van der Waals surface area contributed by atoms with Crippen LogP contribution in [0.5, 0.6) is 0 Å². The third-order valence-electron chi connectivity index (χ3n) is 3.20. The summed E-state index contributed by atoms with van der Waals surface area (Å²) in [4.78, 5) is 31.9. The summed E-state index contributed by atoms with van der Waals surface area (Å²) in [6, 6.07) is 4.82. The second kappa shape index (κ2) is 7.50. The monoisotopic (exact) mass is 365 g/mol. The minimum atomic E-state index is -0.629. The molecule has 2 amide bonds. The molecule has 126 valence electrons. The number of nitrogens with zero attached hydrogens (tertiary/aromatic N) is 2. The summed E-state index contributed by atoms with van der Waals surface area (Å²) >= 11 is 7.48. The minimum Gasteiger partial charge on any atom is -0.365 e. The molecule has 1 aromatic carbocycles. The Kier molecular flexibility index (Phi) is 5.63. The summed E-state index contributed by atoms with van der Waals surface area (Å²) < 4.78 is 0. The van der Waals surface area contributed by atoms with Crippen molar-refractivity contribution in [2.24, 2.45) is 5.73 Å². The van der Waals surface area contributed by atoms with Gasteiger partial charge in [-0.15, -0.1) is 0 Å². The number of hydrogen-bond acceptors (Lipinski definition) is 6. The summed E-state index contributed by atoms with van der Waals surface area (Å²) in [5.41, 5.74) is 7.04. The molecule has 9 heteroatoms. The highest BCUT2D eigenvalue weighted by atomic mass is 35.5. The summed E-state index contributed by atoms with van der Waals surface area (Å²) in [5, 5.41) is 6.30. The van der Waals surface area contributed by atoms with Crippen molar-refractivity contribution >= 4 is 46.7 Å². The largest absolute Gasteiger partial charge is 0.365 e. The number of aryl methyl sites for hydroxylation is 1. The number of amides is 2. The normalized spacial score (nSPS) is 10.3. The van der Waals surface area contributed by atoms with Crippen LogP contribution in [0.3, 0.4) is 0 Å². The lowest BCUT2D eigenvalue weighted by Gasteiger charge is -2.13. The maximum atomic E-state index is 11.7. The number of halogens is 1. The molecule has 2 aromatic rings. The molecule has 0 aliphatic heterocycles. The molecule has 0 spiro atoms. The number of nitrogens with two attached hydrogens (primary N) is 1. The third kappa shape index (κ3) is 3.77. The molecule has 1 aromatic heterocycles. The van der Waals surface area contributed by atoms with Gasteiger partial charge >= 0.3 is 0 Å². The second-order valence-corrected chi connectivity index (χ2v) is 5.96. The zero-order valence-corrected chi connectivity index (χ0v) is 14.9. The molecular formula is C15H16ClN5O2S. The van der Waals surface area contributed by atoms with Crippen LogP contribution in [0.25, 0.3) is 0 Å². The molecule has 0 radical (unpaired) electrons. The Hall–Kier alpha value is -2.32. The number of hydrogen-bond donors (Lipinski definition) is 3. The standard InChI is InChI=1S/C15H16ClN5O2S/c1-7-11(12(17)22)13(21-15(19-7)24-3)20-8-4-5-9(10(16)6-8)14(23)18-2/h4-6H,1-3H3,(H2,17,22)(H,18,23)(H,19,20,21). The van der Waals surface area contributed by atoms with Crippen LogP contribution in [0.4, 0.5) is 11.5 Å². The van der Waals surface area contributed by atoms with E-state index in [1.807, 2.05) is 6.26 Å². The summed E-state index contributed by atoms with van der Waals surface area (Å²) in [5.74, 6) is -0.620. The van der Waals surface area contributed by atoms with Gasteiger partial charge in [-0.1, -0.05) is 23.4 Å². The maximum Gasteiger partial charge on any atom is 0.254 e. The fourth-order valence-electron chi connectivity index (χ4n) is 2.07. The fourth-order valence-corrected chi connectivity index (χ4v) is 2.75. The van der Waals surface area contributed by atoms with Crippen molar-refractivity contribution in [3.05, 3.63) is 40.0 Å². The number of anilines is 2. The van der Waals surface area contributed by atoms with E-state index in [1.165, 1.54) is 18.8 Å². The van der Waals surface area contributed by atoms with E-state index >= 15 is 0 Å². The summed E-state index contributed by atoms with van der Waals surface area (Å²) in [6.07, 6.45) is 1.83. The number of aromatic nitrogens is 2. The highest BCUT2D eigenvalue weighted by molar-refractivity contribution is 7.98. The topological polar surface area (TPSA) is 110 Å². The maximum absolute atomic E-state index is 11.7.